The molecule has 0 spiro atoms. The fourth-order valence-corrected chi connectivity index (χ4v) is 0.878. The Kier molecular flexibility index (Phi) is 4.29. The molecule has 0 heterocycles. The van der Waals surface area contributed by atoms with Crippen LogP contribution >= 0.6 is 19.7 Å². The van der Waals surface area contributed by atoms with Gasteiger partial charge in [-0.25, -0.2) is 0 Å². The molecule has 0 aliphatic rings. The average Bonchev–Trinajstić information content (AvgIpc) is 1.35. The zero-order valence-corrected chi connectivity index (χ0v) is 5.59. The van der Waals surface area contributed by atoms with Gasteiger partial charge in [0.05, 0.1) is 0 Å². The third-order valence-corrected chi connectivity index (χ3v) is 1.21. The molecule has 0 aromatic heterocycles. The van der Waals surface area contributed by atoms with E-state index < -0.39 is 0 Å². The second-order valence-electron chi connectivity index (χ2n) is 1.05. The number of hydrogen-bond acceptors (Lipinski definition) is 1. The van der Waals surface area contributed by atoms with Crippen molar-refractivity contribution in [2.75, 3.05) is 19.4 Å². The lowest BCUT2D eigenvalue weighted by atomic mass is 11.7. The molecule has 0 atom stereocenters. The monoisotopic (exact) mass is 126 g/mol. The summed E-state index contributed by atoms with van der Waals surface area (Å²) in [4.78, 5) is 0. The molecule has 0 saturated carbocycles. The minimum absolute atomic E-state index is 0.233. The summed E-state index contributed by atoms with van der Waals surface area (Å²) in [5.74, 6) is 0. The summed E-state index contributed by atoms with van der Waals surface area (Å²) < 4.78 is 4.87. The molecule has 0 aliphatic carbocycles. The predicted molar refractivity (Wildman–Crippen MR) is 30.6 cm³/mol. The lowest BCUT2D eigenvalue weighted by Crippen LogP contribution is -1.73. The van der Waals surface area contributed by atoms with Gasteiger partial charge in [-0.1, -0.05) is 11.6 Å². The largest absolute Gasteiger partial charge is 0.344 e. The fraction of sp³-hybridized carbons (Fsp3) is 1.00. The highest BCUT2D eigenvalue weighted by Gasteiger charge is 1.84. The van der Waals surface area contributed by atoms with Crippen LogP contribution in [-0.4, -0.2) is 19.4 Å². The summed E-state index contributed by atoms with van der Waals surface area (Å²) in [5.41, 5.74) is 0. The van der Waals surface area contributed by atoms with E-state index in [0.29, 0.717) is 6.07 Å². The fourth-order valence-electron chi connectivity index (χ4n) is 0.0976. The zero-order valence-electron chi connectivity index (χ0n) is 3.94. The van der Waals surface area contributed by atoms with Gasteiger partial charge in [0.25, 0.3) is 0 Å². The Morgan fingerprint density at radius 1 is 1.67 bits per heavy atom. The van der Waals surface area contributed by atoms with Crippen LogP contribution in [0.4, 0.5) is 0 Å². The first-order chi connectivity index (χ1) is 2.77. The Balaban J connectivity index is 2.63. The molecule has 0 unspecified atom stereocenters. The summed E-state index contributed by atoms with van der Waals surface area (Å²) in [6.07, 6.45) is 0. The highest BCUT2D eigenvalue weighted by Crippen LogP contribution is 2.25. The van der Waals surface area contributed by atoms with Gasteiger partial charge in [-0.2, -0.15) is 0 Å². The minimum atomic E-state index is -0.233. The van der Waals surface area contributed by atoms with Gasteiger partial charge in [-0.3, -0.25) is 0 Å². The van der Waals surface area contributed by atoms with Crippen LogP contribution in [0.1, 0.15) is 0 Å². The van der Waals surface area contributed by atoms with Crippen LogP contribution in [0.25, 0.3) is 0 Å². The molecule has 0 radical (unpaired) electrons. The maximum absolute atomic E-state index is 5.19. The highest BCUT2D eigenvalue weighted by atomic mass is 35.5. The smallest absolute Gasteiger partial charge is 0.125 e. The second-order valence-corrected chi connectivity index (χ2v) is 3.15. The van der Waals surface area contributed by atoms with Crippen molar-refractivity contribution in [2.24, 2.45) is 0 Å². The van der Waals surface area contributed by atoms with E-state index in [1.54, 1.807) is 0 Å². The predicted octanol–water partition coefficient (Wildman–Crippen LogP) is 1.86. The molecule has 0 aliphatic heterocycles. The summed E-state index contributed by atoms with van der Waals surface area (Å²) in [7, 11) is -0.233. The molecular weight excluding hydrogens is 118 g/mol. The molecule has 0 saturated heterocycles. The van der Waals surface area contributed by atoms with Gasteiger partial charge in [0, 0.05) is 8.15 Å². The molecule has 0 aromatic carbocycles. The molecule has 0 amide bonds. The first-order valence-electron chi connectivity index (χ1n) is 1.63. The van der Waals surface area contributed by atoms with Crippen molar-refractivity contribution in [2.45, 2.75) is 0 Å². The highest BCUT2D eigenvalue weighted by molar-refractivity contribution is 7.50. The van der Waals surface area contributed by atoms with E-state index in [9.17, 15) is 0 Å². The molecule has 0 rings (SSSR count). The number of rotatable bonds is 2. The Morgan fingerprint density at radius 2 is 2.17 bits per heavy atom. The van der Waals surface area contributed by atoms with Gasteiger partial charge in [0.15, 0.2) is 0 Å². The van der Waals surface area contributed by atoms with Crippen molar-refractivity contribution in [3.8, 4) is 0 Å². The molecule has 3 heteroatoms. The van der Waals surface area contributed by atoms with E-state index >= 15 is 0 Å². The summed E-state index contributed by atoms with van der Waals surface area (Å²) in [6, 6.07) is 0.332. The van der Waals surface area contributed by atoms with Gasteiger partial charge in [-0.15, -0.1) is 0 Å². The Morgan fingerprint density at radius 3 is 2.17 bits per heavy atom. The second kappa shape index (κ2) is 3.86. The summed E-state index contributed by atoms with van der Waals surface area (Å²) >= 11 is 5.19. The van der Waals surface area contributed by atoms with E-state index in [1.165, 1.54) is 0 Å². The van der Waals surface area contributed by atoms with Crippen LogP contribution in [0.15, 0.2) is 0 Å². The Hall–Kier alpha value is 0.680. The van der Waals surface area contributed by atoms with Gasteiger partial charge >= 0.3 is 0 Å². The van der Waals surface area contributed by atoms with Crippen molar-refractivity contribution in [3.05, 3.63) is 0 Å². The van der Waals surface area contributed by atoms with E-state index in [0.717, 1.165) is 0 Å². The van der Waals surface area contributed by atoms with Crippen LogP contribution in [0.2, 0.25) is 0 Å². The number of hydrogen-bond donors (Lipinski definition) is 0. The quantitative estimate of drug-likeness (QED) is 0.405. The van der Waals surface area contributed by atoms with Gasteiger partial charge < -0.3 is 4.52 Å². The first-order valence-corrected chi connectivity index (χ1v) is 4.32. The van der Waals surface area contributed by atoms with Crippen molar-refractivity contribution in [1.82, 2.24) is 0 Å². The average molecular weight is 127 g/mol. The third kappa shape index (κ3) is 4.68. The normalized spacial score (nSPS) is 10.0. The van der Waals surface area contributed by atoms with Crippen LogP contribution in [0, 0.1) is 0 Å². The molecule has 6 heavy (non-hydrogen) atoms. The maximum atomic E-state index is 5.19. The van der Waals surface area contributed by atoms with Crippen molar-refractivity contribution in [1.29, 1.82) is 0 Å². The summed E-state index contributed by atoms with van der Waals surface area (Å²) in [6.45, 7) is 4.02. The molecular formula is C3H8ClOP. The lowest BCUT2D eigenvalue weighted by Gasteiger charge is -1.98. The van der Waals surface area contributed by atoms with Crippen LogP contribution in [0.5, 0.6) is 0 Å². The van der Waals surface area contributed by atoms with E-state index in [1.807, 2.05) is 13.3 Å². The molecule has 0 N–H and O–H groups in total. The Bertz CT molecular complexity index is 32.0. The van der Waals surface area contributed by atoms with Crippen molar-refractivity contribution >= 4 is 19.7 Å². The SMILES string of the molecule is CP(C)OCCl. The van der Waals surface area contributed by atoms with Gasteiger partial charge in [-0.05, 0) is 13.3 Å². The van der Waals surface area contributed by atoms with Crippen LogP contribution in [0.3, 0.4) is 0 Å². The molecule has 1 nitrogen and oxygen atoms in total. The molecule has 38 valence electrons. The Labute approximate surface area is 44.5 Å². The number of halogens is 1. The van der Waals surface area contributed by atoms with Gasteiger partial charge in [0.2, 0.25) is 0 Å². The minimum Gasteiger partial charge on any atom is -0.344 e. The van der Waals surface area contributed by atoms with E-state index in [2.05, 4.69) is 0 Å². The maximum Gasteiger partial charge on any atom is 0.125 e. The zero-order chi connectivity index (χ0) is 4.99. The molecule has 0 aromatic rings. The van der Waals surface area contributed by atoms with Gasteiger partial charge in [0.1, 0.15) is 6.07 Å². The van der Waals surface area contributed by atoms with E-state index in [4.69, 9.17) is 16.1 Å². The summed E-state index contributed by atoms with van der Waals surface area (Å²) in [5, 5.41) is 0. The third-order valence-electron chi connectivity index (χ3n) is 0.307. The lowest BCUT2D eigenvalue weighted by molar-refractivity contribution is 0.438. The standard InChI is InChI=1S/C3H8ClOP/c1-6(2)5-3-4/h3H2,1-2H3. The van der Waals surface area contributed by atoms with Crippen LogP contribution in [-0.2, 0) is 4.52 Å². The first kappa shape index (κ1) is 6.68. The van der Waals surface area contributed by atoms with Crippen molar-refractivity contribution < 1.29 is 4.52 Å². The molecule has 0 bridgehead atoms. The molecule has 0 fully saturated rings. The number of alkyl halides is 1. The van der Waals surface area contributed by atoms with Crippen LogP contribution < -0.4 is 0 Å². The topological polar surface area (TPSA) is 9.23 Å². The van der Waals surface area contributed by atoms with E-state index in [-0.39, 0.29) is 8.15 Å². The van der Waals surface area contributed by atoms with Crippen molar-refractivity contribution in [3.63, 3.8) is 0 Å².